The summed E-state index contributed by atoms with van der Waals surface area (Å²) in [5, 5.41) is 2.76. The minimum Gasteiger partial charge on any atom is -0.306 e. The van der Waals surface area contributed by atoms with Crippen LogP contribution in [0.5, 0.6) is 0 Å². The SMILES string of the molecule is Cc1cnc(NC(=O)Cn2cccc(C(F)(F)F)c2=O)s1. The van der Waals surface area contributed by atoms with Crippen LogP contribution in [0.2, 0.25) is 0 Å². The first-order valence-corrected chi connectivity index (χ1v) is 6.58. The number of aryl methyl sites for hydroxylation is 1. The fourth-order valence-electron chi connectivity index (χ4n) is 1.60. The van der Waals surface area contributed by atoms with Gasteiger partial charge in [0.15, 0.2) is 5.13 Å². The van der Waals surface area contributed by atoms with Crippen molar-refractivity contribution in [2.24, 2.45) is 0 Å². The number of nitrogens with one attached hydrogen (secondary N) is 1. The predicted octanol–water partition coefficient (Wildman–Crippen LogP) is 2.27. The van der Waals surface area contributed by atoms with Gasteiger partial charge in [-0.2, -0.15) is 13.2 Å². The first-order chi connectivity index (χ1) is 9.77. The monoisotopic (exact) mass is 317 g/mol. The summed E-state index contributed by atoms with van der Waals surface area (Å²) >= 11 is 1.23. The normalized spacial score (nSPS) is 11.4. The first-order valence-electron chi connectivity index (χ1n) is 5.76. The highest BCUT2D eigenvalue weighted by atomic mass is 32.1. The highest BCUT2D eigenvalue weighted by Crippen LogP contribution is 2.26. The van der Waals surface area contributed by atoms with Crippen molar-refractivity contribution in [1.29, 1.82) is 0 Å². The zero-order valence-electron chi connectivity index (χ0n) is 10.8. The van der Waals surface area contributed by atoms with Crippen LogP contribution >= 0.6 is 11.3 Å². The van der Waals surface area contributed by atoms with E-state index >= 15 is 0 Å². The number of nitrogens with zero attached hydrogens (tertiary/aromatic N) is 2. The summed E-state index contributed by atoms with van der Waals surface area (Å²) < 4.78 is 38.5. The molecule has 0 aromatic carbocycles. The van der Waals surface area contributed by atoms with E-state index in [1.165, 1.54) is 11.3 Å². The minimum absolute atomic E-state index is 0.331. The summed E-state index contributed by atoms with van der Waals surface area (Å²) in [4.78, 5) is 28.1. The van der Waals surface area contributed by atoms with Crippen molar-refractivity contribution in [2.75, 3.05) is 5.32 Å². The second kappa shape index (κ2) is 5.68. The maximum Gasteiger partial charge on any atom is 0.421 e. The summed E-state index contributed by atoms with van der Waals surface area (Å²) in [7, 11) is 0. The number of rotatable bonds is 3. The summed E-state index contributed by atoms with van der Waals surface area (Å²) in [6, 6.07) is 1.76. The maximum absolute atomic E-state index is 12.6. The molecule has 0 unspecified atom stereocenters. The molecule has 0 aliphatic carbocycles. The Hall–Kier alpha value is -2.16. The molecule has 5 nitrogen and oxygen atoms in total. The zero-order valence-corrected chi connectivity index (χ0v) is 11.6. The number of anilines is 1. The smallest absolute Gasteiger partial charge is 0.306 e. The van der Waals surface area contributed by atoms with E-state index in [1.807, 2.05) is 0 Å². The third-order valence-corrected chi connectivity index (χ3v) is 3.34. The number of alkyl halides is 3. The highest BCUT2D eigenvalue weighted by molar-refractivity contribution is 7.15. The molecule has 0 spiro atoms. The lowest BCUT2D eigenvalue weighted by Crippen LogP contribution is -2.31. The number of amides is 1. The summed E-state index contributed by atoms with van der Waals surface area (Å²) in [6.45, 7) is 1.28. The Balaban J connectivity index is 2.16. The van der Waals surface area contributed by atoms with Gasteiger partial charge in [-0.25, -0.2) is 4.98 Å². The van der Waals surface area contributed by atoms with Gasteiger partial charge in [-0.1, -0.05) is 0 Å². The molecule has 0 aliphatic rings. The zero-order chi connectivity index (χ0) is 15.6. The summed E-state index contributed by atoms with van der Waals surface area (Å²) in [5.41, 5.74) is -2.56. The van der Waals surface area contributed by atoms with Crippen LogP contribution in [0.3, 0.4) is 0 Å². The molecule has 2 rings (SSSR count). The lowest BCUT2D eigenvalue weighted by atomic mass is 10.2. The van der Waals surface area contributed by atoms with Gasteiger partial charge in [0.05, 0.1) is 0 Å². The van der Waals surface area contributed by atoms with Crippen LogP contribution in [0.15, 0.2) is 29.3 Å². The van der Waals surface area contributed by atoms with Crippen LogP contribution in [0.4, 0.5) is 18.3 Å². The molecule has 0 bridgehead atoms. The third-order valence-electron chi connectivity index (χ3n) is 2.51. The van der Waals surface area contributed by atoms with Crippen LogP contribution in [-0.4, -0.2) is 15.5 Å². The number of thiazole rings is 1. The van der Waals surface area contributed by atoms with Gasteiger partial charge in [-0.05, 0) is 19.1 Å². The van der Waals surface area contributed by atoms with Crippen molar-refractivity contribution in [2.45, 2.75) is 19.6 Å². The number of aromatic nitrogens is 2. The predicted molar refractivity (Wildman–Crippen MR) is 71.2 cm³/mol. The Labute approximate surface area is 121 Å². The highest BCUT2D eigenvalue weighted by Gasteiger charge is 2.34. The lowest BCUT2D eigenvalue weighted by molar-refractivity contribution is -0.139. The van der Waals surface area contributed by atoms with Crippen LogP contribution in [0.25, 0.3) is 0 Å². The summed E-state index contributed by atoms with van der Waals surface area (Å²) in [6.07, 6.45) is -2.07. The molecular formula is C12H10F3N3O2S. The molecule has 1 amide bonds. The van der Waals surface area contributed by atoms with Gasteiger partial charge in [-0.3, -0.25) is 9.59 Å². The number of halogens is 3. The van der Waals surface area contributed by atoms with Gasteiger partial charge in [0.1, 0.15) is 12.1 Å². The molecule has 2 aromatic rings. The molecule has 1 N–H and O–H groups in total. The number of hydrogen-bond donors (Lipinski definition) is 1. The van der Waals surface area contributed by atoms with Crippen LogP contribution in [-0.2, 0) is 17.5 Å². The van der Waals surface area contributed by atoms with Gasteiger partial charge < -0.3 is 9.88 Å². The van der Waals surface area contributed by atoms with E-state index in [1.54, 1.807) is 13.1 Å². The van der Waals surface area contributed by atoms with Crippen molar-refractivity contribution >= 4 is 22.4 Å². The number of hydrogen-bond acceptors (Lipinski definition) is 4. The van der Waals surface area contributed by atoms with E-state index in [0.717, 1.165) is 17.1 Å². The molecule has 112 valence electrons. The molecule has 21 heavy (non-hydrogen) atoms. The standard InChI is InChI=1S/C12H10F3N3O2S/c1-7-5-16-11(21-7)17-9(19)6-18-4-2-3-8(10(18)20)12(13,14)15/h2-5H,6H2,1H3,(H,16,17,19). The van der Waals surface area contributed by atoms with Crippen LogP contribution in [0, 0.1) is 6.92 Å². The maximum atomic E-state index is 12.6. The van der Waals surface area contributed by atoms with Crippen LogP contribution < -0.4 is 10.9 Å². The lowest BCUT2D eigenvalue weighted by Gasteiger charge is -2.09. The van der Waals surface area contributed by atoms with Crippen molar-refractivity contribution in [3.63, 3.8) is 0 Å². The summed E-state index contributed by atoms with van der Waals surface area (Å²) in [5.74, 6) is -0.620. The quantitative estimate of drug-likeness (QED) is 0.944. The molecular weight excluding hydrogens is 307 g/mol. The Morgan fingerprint density at radius 3 is 2.76 bits per heavy atom. The molecule has 0 saturated heterocycles. The van der Waals surface area contributed by atoms with E-state index in [4.69, 9.17) is 0 Å². The van der Waals surface area contributed by atoms with Gasteiger partial charge in [0, 0.05) is 17.3 Å². The average Bonchev–Trinajstić information content (AvgIpc) is 2.75. The molecule has 2 heterocycles. The molecule has 0 atom stereocenters. The first kappa shape index (κ1) is 15.2. The number of carbonyl (C=O) groups excluding carboxylic acids is 1. The Kier molecular flexibility index (Phi) is 4.12. The molecule has 2 aromatic heterocycles. The van der Waals surface area contributed by atoms with Crippen molar-refractivity contribution in [1.82, 2.24) is 9.55 Å². The molecule has 0 radical (unpaired) electrons. The second-order valence-corrected chi connectivity index (χ2v) is 5.41. The van der Waals surface area contributed by atoms with Gasteiger partial charge in [0.2, 0.25) is 5.91 Å². The van der Waals surface area contributed by atoms with E-state index in [0.29, 0.717) is 15.8 Å². The fourth-order valence-corrected chi connectivity index (χ4v) is 2.28. The van der Waals surface area contributed by atoms with Gasteiger partial charge in [0.25, 0.3) is 5.56 Å². The van der Waals surface area contributed by atoms with Gasteiger partial charge in [-0.15, -0.1) is 11.3 Å². The fraction of sp³-hybridized carbons (Fsp3) is 0.250. The Morgan fingerprint density at radius 1 is 1.48 bits per heavy atom. The minimum atomic E-state index is -4.75. The van der Waals surface area contributed by atoms with Gasteiger partial charge >= 0.3 is 6.18 Å². The Bertz CT molecular complexity index is 721. The number of pyridine rings is 1. The molecule has 9 heteroatoms. The molecule has 0 aliphatic heterocycles. The molecule has 0 fully saturated rings. The third kappa shape index (κ3) is 3.69. The van der Waals surface area contributed by atoms with Crippen molar-refractivity contribution < 1.29 is 18.0 Å². The van der Waals surface area contributed by atoms with Crippen molar-refractivity contribution in [3.05, 3.63) is 45.3 Å². The largest absolute Gasteiger partial charge is 0.421 e. The second-order valence-electron chi connectivity index (χ2n) is 4.18. The van der Waals surface area contributed by atoms with E-state index in [2.05, 4.69) is 10.3 Å². The van der Waals surface area contributed by atoms with E-state index < -0.39 is 29.8 Å². The topological polar surface area (TPSA) is 64.0 Å². The molecule has 0 saturated carbocycles. The number of carbonyl (C=O) groups is 1. The van der Waals surface area contributed by atoms with Crippen LogP contribution in [0.1, 0.15) is 10.4 Å². The Morgan fingerprint density at radius 2 is 2.19 bits per heavy atom. The van der Waals surface area contributed by atoms with E-state index in [-0.39, 0.29) is 0 Å². The van der Waals surface area contributed by atoms with Crippen molar-refractivity contribution in [3.8, 4) is 0 Å². The average molecular weight is 317 g/mol. The van der Waals surface area contributed by atoms with E-state index in [9.17, 15) is 22.8 Å².